The summed E-state index contributed by atoms with van der Waals surface area (Å²) in [5.74, 6) is 0. The number of aryl methyl sites for hydroxylation is 1. The van der Waals surface area contributed by atoms with E-state index in [1.165, 1.54) is 37.1 Å². The molecular formula is C12H20N4. The van der Waals surface area contributed by atoms with Crippen molar-refractivity contribution in [2.45, 2.75) is 43.7 Å². The summed E-state index contributed by atoms with van der Waals surface area (Å²) in [6.07, 6.45) is 8.02. The largest absolute Gasteiger partial charge is 0.336 e. The van der Waals surface area contributed by atoms with Gasteiger partial charge in [0.05, 0.1) is 23.3 Å². The van der Waals surface area contributed by atoms with E-state index in [0.29, 0.717) is 12.6 Å². The van der Waals surface area contributed by atoms with Crippen LogP contribution in [0.15, 0.2) is 6.33 Å². The second kappa shape index (κ2) is 3.57. The van der Waals surface area contributed by atoms with Crippen LogP contribution in [0.2, 0.25) is 0 Å². The van der Waals surface area contributed by atoms with Gasteiger partial charge >= 0.3 is 0 Å². The molecule has 88 valence electrons. The molecule has 1 unspecified atom stereocenters. The minimum absolute atomic E-state index is 0.170. The highest BCUT2D eigenvalue weighted by Crippen LogP contribution is 2.42. The Labute approximate surface area is 96.2 Å². The minimum Gasteiger partial charge on any atom is -0.336 e. The van der Waals surface area contributed by atoms with Crippen molar-refractivity contribution in [2.75, 3.05) is 6.54 Å². The van der Waals surface area contributed by atoms with Crippen molar-refractivity contribution in [3.63, 3.8) is 0 Å². The smallest absolute Gasteiger partial charge is 0.0949 e. The summed E-state index contributed by atoms with van der Waals surface area (Å²) in [6, 6.07) is 0.403. The summed E-state index contributed by atoms with van der Waals surface area (Å²) in [7, 11) is 2.11. The Morgan fingerprint density at radius 3 is 3.00 bits per heavy atom. The number of rotatable bonds is 1. The van der Waals surface area contributed by atoms with Crippen molar-refractivity contribution in [1.82, 2.24) is 14.9 Å². The maximum absolute atomic E-state index is 5.82. The number of nitrogens with zero attached hydrogens (tertiary/aromatic N) is 2. The van der Waals surface area contributed by atoms with Crippen molar-refractivity contribution in [2.24, 2.45) is 12.8 Å². The van der Waals surface area contributed by atoms with Gasteiger partial charge in [0.2, 0.25) is 0 Å². The molecule has 1 saturated carbocycles. The maximum atomic E-state index is 5.82. The van der Waals surface area contributed by atoms with Crippen LogP contribution in [-0.2, 0) is 19.0 Å². The molecule has 0 aromatic carbocycles. The van der Waals surface area contributed by atoms with Gasteiger partial charge in [0.15, 0.2) is 0 Å². The van der Waals surface area contributed by atoms with E-state index in [1.54, 1.807) is 0 Å². The van der Waals surface area contributed by atoms with E-state index in [4.69, 9.17) is 5.73 Å². The van der Waals surface area contributed by atoms with E-state index in [-0.39, 0.29) is 5.54 Å². The fourth-order valence-corrected chi connectivity index (χ4v) is 3.49. The van der Waals surface area contributed by atoms with E-state index >= 15 is 0 Å². The molecule has 1 aliphatic carbocycles. The van der Waals surface area contributed by atoms with Crippen molar-refractivity contribution >= 4 is 0 Å². The summed E-state index contributed by atoms with van der Waals surface area (Å²) >= 11 is 0. The standard InChI is InChI=1S/C12H20N4/c1-16-8-14-10-6-9(7-13)15-12(11(10)16)4-2-3-5-12/h8-9,15H,2-7,13H2,1H3. The highest BCUT2D eigenvalue weighted by Gasteiger charge is 2.44. The highest BCUT2D eigenvalue weighted by atomic mass is 15.1. The highest BCUT2D eigenvalue weighted by molar-refractivity contribution is 5.29. The van der Waals surface area contributed by atoms with E-state index in [1.807, 2.05) is 6.33 Å². The molecule has 1 aromatic rings. The van der Waals surface area contributed by atoms with Gasteiger partial charge < -0.3 is 15.6 Å². The monoisotopic (exact) mass is 220 g/mol. The van der Waals surface area contributed by atoms with Crippen LogP contribution in [0.1, 0.15) is 37.1 Å². The first-order chi connectivity index (χ1) is 7.75. The lowest BCUT2D eigenvalue weighted by Crippen LogP contribution is -2.54. The molecule has 0 amide bonds. The number of nitrogens with one attached hydrogen (secondary N) is 1. The van der Waals surface area contributed by atoms with Crippen LogP contribution < -0.4 is 11.1 Å². The van der Waals surface area contributed by atoms with E-state index < -0.39 is 0 Å². The van der Waals surface area contributed by atoms with Crippen LogP contribution in [0.4, 0.5) is 0 Å². The number of fused-ring (bicyclic) bond motifs is 2. The van der Waals surface area contributed by atoms with Gasteiger partial charge in [0, 0.05) is 26.1 Å². The predicted molar refractivity (Wildman–Crippen MR) is 63.0 cm³/mol. The molecule has 16 heavy (non-hydrogen) atoms. The van der Waals surface area contributed by atoms with E-state index in [0.717, 1.165) is 6.42 Å². The van der Waals surface area contributed by atoms with Gasteiger partial charge in [-0.1, -0.05) is 12.8 Å². The Kier molecular flexibility index (Phi) is 2.30. The van der Waals surface area contributed by atoms with Crippen molar-refractivity contribution < 1.29 is 0 Å². The average Bonchev–Trinajstić information content (AvgIpc) is 2.87. The Hall–Kier alpha value is -0.870. The molecule has 3 N–H and O–H groups in total. The van der Waals surface area contributed by atoms with E-state index in [2.05, 4.69) is 21.9 Å². The van der Waals surface area contributed by atoms with Crippen LogP contribution in [0, 0.1) is 0 Å². The van der Waals surface area contributed by atoms with Gasteiger partial charge in [-0.25, -0.2) is 4.98 Å². The lowest BCUT2D eigenvalue weighted by molar-refractivity contribution is 0.257. The SMILES string of the molecule is Cn1cnc2c1C1(CCCC1)NC(CN)C2. The molecule has 1 spiro atoms. The van der Waals surface area contributed by atoms with E-state index in [9.17, 15) is 0 Å². The molecular weight excluding hydrogens is 200 g/mol. The first kappa shape index (κ1) is 10.3. The second-order valence-electron chi connectivity index (χ2n) is 5.22. The van der Waals surface area contributed by atoms with Crippen LogP contribution >= 0.6 is 0 Å². The summed E-state index contributed by atoms with van der Waals surface area (Å²) in [5, 5.41) is 3.78. The summed E-state index contributed by atoms with van der Waals surface area (Å²) in [6.45, 7) is 0.706. The summed E-state index contributed by atoms with van der Waals surface area (Å²) < 4.78 is 2.19. The zero-order valence-electron chi connectivity index (χ0n) is 9.87. The molecule has 2 aliphatic rings. The third kappa shape index (κ3) is 1.33. The lowest BCUT2D eigenvalue weighted by Gasteiger charge is -2.39. The second-order valence-corrected chi connectivity index (χ2v) is 5.22. The van der Waals surface area contributed by atoms with Gasteiger partial charge in [-0.05, 0) is 12.8 Å². The topological polar surface area (TPSA) is 55.9 Å². The first-order valence-corrected chi connectivity index (χ1v) is 6.23. The fourth-order valence-electron chi connectivity index (χ4n) is 3.49. The van der Waals surface area contributed by atoms with Crippen molar-refractivity contribution in [3.05, 3.63) is 17.7 Å². The Balaban J connectivity index is 2.07. The van der Waals surface area contributed by atoms with Crippen LogP contribution in [0.5, 0.6) is 0 Å². The molecule has 3 rings (SSSR count). The quantitative estimate of drug-likeness (QED) is 0.731. The Morgan fingerprint density at radius 2 is 2.31 bits per heavy atom. The number of nitrogens with two attached hydrogens (primary N) is 1. The Morgan fingerprint density at radius 1 is 1.56 bits per heavy atom. The molecule has 2 heterocycles. The van der Waals surface area contributed by atoms with Crippen LogP contribution in [-0.4, -0.2) is 22.1 Å². The van der Waals surface area contributed by atoms with Gasteiger partial charge in [-0.15, -0.1) is 0 Å². The van der Waals surface area contributed by atoms with Crippen molar-refractivity contribution in [1.29, 1.82) is 0 Å². The molecule has 1 aliphatic heterocycles. The minimum atomic E-state index is 0.170. The Bertz CT molecular complexity index is 390. The van der Waals surface area contributed by atoms with Gasteiger partial charge in [-0.3, -0.25) is 0 Å². The molecule has 4 heteroatoms. The lowest BCUT2D eigenvalue weighted by atomic mass is 9.84. The van der Waals surface area contributed by atoms with Gasteiger partial charge in [0.1, 0.15) is 0 Å². The zero-order chi connectivity index (χ0) is 11.2. The molecule has 0 saturated heterocycles. The first-order valence-electron chi connectivity index (χ1n) is 6.23. The fraction of sp³-hybridized carbons (Fsp3) is 0.750. The number of hydrogen-bond donors (Lipinski definition) is 2. The molecule has 0 bridgehead atoms. The third-order valence-electron chi connectivity index (χ3n) is 4.13. The molecule has 1 fully saturated rings. The number of aromatic nitrogens is 2. The van der Waals surface area contributed by atoms with Gasteiger partial charge in [-0.2, -0.15) is 0 Å². The molecule has 1 atom stereocenters. The zero-order valence-corrected chi connectivity index (χ0v) is 9.87. The molecule has 1 aromatic heterocycles. The number of imidazole rings is 1. The average molecular weight is 220 g/mol. The van der Waals surface area contributed by atoms with Crippen LogP contribution in [0.25, 0.3) is 0 Å². The molecule has 0 radical (unpaired) electrons. The van der Waals surface area contributed by atoms with Crippen LogP contribution in [0.3, 0.4) is 0 Å². The predicted octanol–water partition coefficient (Wildman–Crippen LogP) is 0.662. The summed E-state index contributed by atoms with van der Waals surface area (Å²) in [5.41, 5.74) is 8.66. The third-order valence-corrected chi connectivity index (χ3v) is 4.13. The molecule has 4 nitrogen and oxygen atoms in total. The number of hydrogen-bond acceptors (Lipinski definition) is 3. The normalized spacial score (nSPS) is 27.2. The van der Waals surface area contributed by atoms with Gasteiger partial charge in [0.25, 0.3) is 0 Å². The van der Waals surface area contributed by atoms with Crippen molar-refractivity contribution in [3.8, 4) is 0 Å². The summed E-state index contributed by atoms with van der Waals surface area (Å²) in [4.78, 5) is 4.54. The maximum Gasteiger partial charge on any atom is 0.0949 e.